The average Bonchev–Trinajstić information content (AvgIpc) is 3.64. The highest BCUT2D eigenvalue weighted by atomic mass is 16.6. The zero-order chi connectivity index (χ0) is 38.8. The summed E-state index contributed by atoms with van der Waals surface area (Å²) < 4.78 is 19.2. The molecule has 0 bridgehead atoms. The first-order valence-electron chi connectivity index (χ1n) is 17.6. The van der Waals surface area contributed by atoms with Gasteiger partial charge in [0.1, 0.15) is 36.1 Å². The lowest BCUT2D eigenvalue weighted by Gasteiger charge is -2.22. The predicted molar refractivity (Wildman–Crippen MR) is 195 cm³/mol. The molecule has 17 heteroatoms. The zero-order valence-electron chi connectivity index (χ0n) is 29.8. The number of hydrogen-bond donors (Lipinski definition) is 6. The van der Waals surface area contributed by atoms with Gasteiger partial charge in [-0.25, -0.2) is 14.4 Å². The Balaban J connectivity index is 0.000000230. The quantitative estimate of drug-likeness (QED) is 0.0883. The summed E-state index contributed by atoms with van der Waals surface area (Å²) in [7, 11) is 0. The number of aliphatic hydroxyl groups is 3. The first-order valence-corrected chi connectivity index (χ1v) is 17.6. The van der Waals surface area contributed by atoms with Gasteiger partial charge in [-0.1, -0.05) is 56.7 Å². The topological polar surface area (TPSA) is 242 Å². The summed E-state index contributed by atoms with van der Waals surface area (Å²) in [5.74, 6) is -0.887. The molecule has 0 unspecified atom stereocenters. The van der Waals surface area contributed by atoms with Crippen molar-refractivity contribution in [2.75, 3.05) is 24.1 Å². The minimum atomic E-state index is -1.19. The van der Waals surface area contributed by atoms with Crippen molar-refractivity contribution in [3.8, 4) is 0 Å². The van der Waals surface area contributed by atoms with Crippen LogP contribution in [0, 0.1) is 0 Å². The van der Waals surface area contributed by atoms with Gasteiger partial charge >= 0.3 is 17.3 Å². The number of carbonyl (C=O) groups is 2. The molecule has 288 valence electrons. The van der Waals surface area contributed by atoms with E-state index in [0.717, 1.165) is 28.5 Å². The molecule has 0 aliphatic carbocycles. The largest absolute Gasteiger partial charge is 0.451 e. The number of aliphatic hydroxyl groups excluding tert-OH is 3. The van der Waals surface area contributed by atoms with Crippen LogP contribution < -0.4 is 27.7 Å². The van der Waals surface area contributed by atoms with E-state index in [-0.39, 0.29) is 11.6 Å². The lowest BCUT2D eigenvalue weighted by atomic mass is 10.1. The minimum absolute atomic E-state index is 0.0634. The third kappa shape index (κ3) is 9.62. The molecule has 7 N–H and O–H groups in total. The van der Waals surface area contributed by atoms with Gasteiger partial charge in [-0.2, -0.15) is 9.97 Å². The smallest absolute Gasteiger partial charge is 0.351 e. The maximum atomic E-state index is 12.7. The third-order valence-corrected chi connectivity index (χ3v) is 8.87. The molecule has 1 amide bonds. The summed E-state index contributed by atoms with van der Waals surface area (Å²) in [5.41, 5.74) is 4.81. The molecule has 4 aromatic rings. The van der Waals surface area contributed by atoms with Crippen molar-refractivity contribution >= 4 is 23.5 Å². The molecule has 54 heavy (non-hydrogen) atoms. The number of unbranched alkanes of at least 4 members (excludes halogenated alkanes) is 1. The molecule has 2 aromatic heterocycles. The Kier molecular flexibility index (Phi) is 13.8. The number of amides is 1. The number of nitrogens with one attached hydrogen (secondary N) is 2. The van der Waals surface area contributed by atoms with Crippen molar-refractivity contribution in [1.82, 2.24) is 24.4 Å². The van der Waals surface area contributed by atoms with E-state index in [2.05, 4.69) is 27.5 Å². The highest BCUT2D eigenvalue weighted by molar-refractivity contribution is 6.03. The van der Waals surface area contributed by atoms with Gasteiger partial charge in [0.15, 0.2) is 18.6 Å². The molecule has 2 aliphatic heterocycles. The molecule has 2 saturated heterocycles. The van der Waals surface area contributed by atoms with Gasteiger partial charge < -0.3 is 45.9 Å². The van der Waals surface area contributed by atoms with E-state index in [1.807, 2.05) is 6.92 Å². The van der Waals surface area contributed by atoms with E-state index in [1.165, 1.54) is 24.5 Å². The molecule has 0 radical (unpaired) electrons. The van der Waals surface area contributed by atoms with Crippen molar-refractivity contribution in [3.05, 3.63) is 117 Å². The molecular weight excluding hydrogens is 702 g/mol. The number of benzene rings is 2. The number of nitrogens with zero attached hydrogens (tertiary/aromatic N) is 4. The summed E-state index contributed by atoms with van der Waals surface area (Å²) in [6, 6.07) is 19.7. The highest BCUT2D eigenvalue weighted by Crippen LogP contribution is 2.33. The minimum Gasteiger partial charge on any atom is -0.451 e. The summed E-state index contributed by atoms with van der Waals surface area (Å²) in [6.07, 6.45) is -2.41. The Bertz CT molecular complexity index is 1960. The molecule has 8 atom stereocenters. The van der Waals surface area contributed by atoms with Gasteiger partial charge in [0, 0.05) is 24.5 Å². The average molecular weight is 748 g/mol. The normalized spacial score (nSPS) is 24.7. The van der Waals surface area contributed by atoms with Crippen molar-refractivity contribution < 1.29 is 39.1 Å². The summed E-state index contributed by atoms with van der Waals surface area (Å²) >= 11 is 0. The number of anilines is 2. The van der Waals surface area contributed by atoms with Crippen LogP contribution in [0.4, 0.5) is 11.6 Å². The van der Waals surface area contributed by atoms with Crippen LogP contribution in [-0.2, 0) is 14.2 Å². The van der Waals surface area contributed by atoms with E-state index in [0.29, 0.717) is 24.1 Å². The van der Waals surface area contributed by atoms with Crippen LogP contribution in [-0.4, -0.2) is 96.0 Å². The van der Waals surface area contributed by atoms with E-state index < -0.39 is 72.3 Å². The van der Waals surface area contributed by atoms with E-state index >= 15 is 0 Å². The molecule has 17 nitrogen and oxygen atoms in total. The summed E-state index contributed by atoms with van der Waals surface area (Å²) in [6.45, 7) is 5.12. The third-order valence-electron chi connectivity index (χ3n) is 8.87. The number of hydrogen-bond acceptors (Lipinski definition) is 14. The summed E-state index contributed by atoms with van der Waals surface area (Å²) in [4.78, 5) is 56.9. The van der Waals surface area contributed by atoms with Gasteiger partial charge in [0.25, 0.3) is 5.91 Å². The second kappa shape index (κ2) is 18.6. The zero-order valence-corrected chi connectivity index (χ0v) is 29.8. The first-order chi connectivity index (χ1) is 26.0. The molecule has 6 rings (SSSR count). The van der Waals surface area contributed by atoms with Gasteiger partial charge in [0.05, 0.1) is 11.7 Å². The maximum absolute atomic E-state index is 12.7. The molecule has 0 saturated carbocycles. The summed E-state index contributed by atoms with van der Waals surface area (Å²) in [5, 5.41) is 36.5. The fourth-order valence-electron chi connectivity index (χ4n) is 5.92. The Morgan fingerprint density at radius 2 is 1.41 bits per heavy atom. The van der Waals surface area contributed by atoms with Crippen LogP contribution in [0.25, 0.3) is 0 Å². The van der Waals surface area contributed by atoms with Gasteiger partial charge in [-0.15, -0.1) is 0 Å². The number of nitrogen functional groups attached to an aromatic ring is 1. The Labute approximate surface area is 310 Å². The van der Waals surface area contributed by atoms with Crippen LogP contribution in [0.3, 0.4) is 0 Å². The van der Waals surface area contributed by atoms with Crippen molar-refractivity contribution in [1.29, 1.82) is 0 Å². The Morgan fingerprint density at radius 1 is 0.796 bits per heavy atom. The number of nitrogens with two attached hydrogens (primary N) is 1. The number of aromatic nitrogens is 4. The number of ether oxygens (including phenoxy) is 3. The monoisotopic (exact) mass is 747 g/mol. The predicted octanol–water partition coefficient (Wildman–Crippen LogP) is 1.22. The van der Waals surface area contributed by atoms with Crippen molar-refractivity contribution in [2.45, 2.75) is 82.2 Å². The molecule has 2 aromatic carbocycles. The van der Waals surface area contributed by atoms with Gasteiger partial charge in [0.2, 0.25) is 0 Å². The number of esters is 1. The Morgan fingerprint density at radius 3 is 2.04 bits per heavy atom. The van der Waals surface area contributed by atoms with Crippen LogP contribution >= 0.6 is 0 Å². The highest BCUT2D eigenvalue weighted by Gasteiger charge is 2.47. The molecule has 4 heterocycles. The van der Waals surface area contributed by atoms with Gasteiger partial charge in [-0.3, -0.25) is 13.9 Å². The van der Waals surface area contributed by atoms with Crippen LogP contribution in [0.5, 0.6) is 0 Å². The second-order valence-corrected chi connectivity index (χ2v) is 12.7. The first kappa shape index (κ1) is 39.9. The van der Waals surface area contributed by atoms with E-state index in [1.54, 1.807) is 60.7 Å². The van der Waals surface area contributed by atoms with Gasteiger partial charge in [-0.05, 0) is 55.8 Å². The molecular formula is C37H45N7O10. The number of rotatable bonds is 12. The Hall–Kier alpha value is -5.30. The van der Waals surface area contributed by atoms with Crippen LogP contribution in [0.15, 0.2) is 94.8 Å². The lowest BCUT2D eigenvalue weighted by Crippen LogP contribution is -2.39. The molecule has 2 aliphatic rings. The fraction of sp³-hybridized carbons (Fsp3) is 0.405. The molecule has 0 spiro atoms. The SMILES string of the molecule is CCCCNC[C@H]1O[C@@H](n2ccc(N)nc2=O)[C@@H](O)[C@@H]1O.CC[C@H]1O[C@@H](n2ccc(NC(=O)c3ccccc3)nc2=O)[C@@H](OC(=O)c2ccccc2)[C@@H]1O. The van der Waals surface area contributed by atoms with E-state index in [9.17, 15) is 34.5 Å². The van der Waals surface area contributed by atoms with Crippen LogP contribution in [0.2, 0.25) is 0 Å². The fourth-order valence-corrected chi connectivity index (χ4v) is 5.92. The van der Waals surface area contributed by atoms with E-state index in [4.69, 9.17) is 19.9 Å². The second-order valence-electron chi connectivity index (χ2n) is 12.7. The lowest BCUT2D eigenvalue weighted by molar-refractivity contribution is -0.0517. The standard InChI is InChI=1S/C24H23N3O6.C13H22N4O4/c1-2-17-19(28)20(33-23(30)16-11-7-4-8-12-16)22(32-17)27-14-13-18(26-24(27)31)25-21(29)15-9-5-3-6-10-15;1-2-3-5-15-7-8-10(18)11(19)12(21-8)17-6-4-9(14)16-13(17)20/h3-14,17,19-20,22,28H,2H2,1H3,(H,25,26,29,31);4,6,8,10-12,15,18-19H,2-3,5,7H2,1H3,(H2,14,16,20)/t17-,19-,20+,22-;8-,10-,11+,12-/m11/s1. The maximum Gasteiger partial charge on any atom is 0.351 e. The van der Waals surface area contributed by atoms with Crippen LogP contribution in [0.1, 0.15) is 66.3 Å². The number of carbonyl (C=O) groups excluding carboxylic acids is 2. The van der Waals surface area contributed by atoms with Crippen molar-refractivity contribution in [3.63, 3.8) is 0 Å². The molecule has 2 fully saturated rings. The van der Waals surface area contributed by atoms with Crippen molar-refractivity contribution in [2.24, 2.45) is 0 Å².